The lowest BCUT2D eigenvalue weighted by molar-refractivity contribution is 0.0990. The van der Waals surface area contributed by atoms with Crippen LogP contribution in [-0.2, 0) is 0 Å². The number of fused-ring (bicyclic) bond motifs is 2. The van der Waals surface area contributed by atoms with E-state index in [0.717, 1.165) is 11.1 Å². The average molecular weight is 372 g/mol. The summed E-state index contributed by atoms with van der Waals surface area (Å²) >= 11 is 0. The normalized spacial score (nSPS) is 12.5. The summed E-state index contributed by atoms with van der Waals surface area (Å²) in [6.07, 6.45) is 0. The van der Waals surface area contributed by atoms with E-state index in [1.54, 1.807) is 42.3 Å². The molecule has 0 saturated heterocycles. The molecule has 0 aliphatic carbocycles. The van der Waals surface area contributed by atoms with Crippen LogP contribution >= 0.6 is 0 Å². The molecule has 1 aliphatic rings. The summed E-state index contributed by atoms with van der Waals surface area (Å²) in [5.41, 5.74) is 4.34. The number of nitrogens with one attached hydrogen (secondary N) is 1. The van der Waals surface area contributed by atoms with E-state index in [4.69, 9.17) is 4.74 Å². The zero-order valence-electron chi connectivity index (χ0n) is 15.9. The SMILES string of the molecule is Cc1ccc(C(=O)Nc2ccc3c(c2)C(=O)N(C)c2ccc(C)cc2O3)cc1. The van der Waals surface area contributed by atoms with Crippen LogP contribution in [0.15, 0.2) is 60.7 Å². The molecule has 2 amide bonds. The molecule has 5 nitrogen and oxygen atoms in total. The lowest BCUT2D eigenvalue weighted by atomic mass is 10.1. The molecular formula is C23H20N2O3. The van der Waals surface area contributed by atoms with Gasteiger partial charge in [0.05, 0.1) is 11.3 Å². The summed E-state index contributed by atoms with van der Waals surface area (Å²) in [6.45, 7) is 3.94. The highest BCUT2D eigenvalue weighted by atomic mass is 16.5. The molecule has 0 radical (unpaired) electrons. The minimum Gasteiger partial charge on any atom is -0.454 e. The fraction of sp³-hybridized carbons (Fsp3) is 0.130. The molecule has 0 spiro atoms. The number of anilines is 2. The van der Waals surface area contributed by atoms with Crippen molar-refractivity contribution in [3.05, 3.63) is 82.9 Å². The molecule has 28 heavy (non-hydrogen) atoms. The fourth-order valence-corrected chi connectivity index (χ4v) is 3.16. The second kappa shape index (κ2) is 6.85. The van der Waals surface area contributed by atoms with Crippen molar-refractivity contribution in [2.24, 2.45) is 0 Å². The number of hydrogen-bond acceptors (Lipinski definition) is 3. The quantitative estimate of drug-likeness (QED) is 0.693. The number of rotatable bonds is 2. The number of nitrogens with zero attached hydrogens (tertiary/aromatic N) is 1. The van der Waals surface area contributed by atoms with Crippen LogP contribution < -0.4 is 15.0 Å². The van der Waals surface area contributed by atoms with Gasteiger partial charge in [0.25, 0.3) is 11.8 Å². The van der Waals surface area contributed by atoms with E-state index in [2.05, 4.69) is 5.32 Å². The van der Waals surface area contributed by atoms with Gasteiger partial charge >= 0.3 is 0 Å². The Bertz CT molecular complexity index is 1090. The molecule has 1 N–H and O–H groups in total. The predicted molar refractivity (Wildman–Crippen MR) is 110 cm³/mol. The van der Waals surface area contributed by atoms with Crippen LogP contribution in [0.25, 0.3) is 0 Å². The van der Waals surface area contributed by atoms with Crippen molar-refractivity contribution in [1.29, 1.82) is 0 Å². The maximum atomic E-state index is 13.0. The van der Waals surface area contributed by atoms with Gasteiger partial charge in [0.2, 0.25) is 0 Å². The van der Waals surface area contributed by atoms with Crippen LogP contribution in [0.2, 0.25) is 0 Å². The zero-order chi connectivity index (χ0) is 19.8. The van der Waals surface area contributed by atoms with E-state index in [9.17, 15) is 9.59 Å². The van der Waals surface area contributed by atoms with Crippen molar-refractivity contribution in [2.75, 3.05) is 17.3 Å². The van der Waals surface area contributed by atoms with Gasteiger partial charge in [0, 0.05) is 18.3 Å². The molecule has 5 heteroatoms. The Balaban J connectivity index is 1.66. The molecular weight excluding hydrogens is 352 g/mol. The van der Waals surface area contributed by atoms with E-state index in [0.29, 0.717) is 34.0 Å². The number of carbonyl (C=O) groups excluding carboxylic acids is 2. The van der Waals surface area contributed by atoms with Crippen molar-refractivity contribution < 1.29 is 14.3 Å². The standard InChI is InChI=1S/C23H20N2O3/c1-14-4-7-16(8-5-14)22(26)24-17-9-11-20-18(13-17)23(27)25(3)19-10-6-15(2)12-21(19)28-20/h4-13H,1-3H3,(H,24,26). The van der Waals surface area contributed by atoms with Crippen LogP contribution in [0.5, 0.6) is 11.5 Å². The van der Waals surface area contributed by atoms with Gasteiger partial charge in [-0.05, 0) is 61.9 Å². The molecule has 0 saturated carbocycles. The number of amides is 2. The van der Waals surface area contributed by atoms with Gasteiger partial charge in [-0.15, -0.1) is 0 Å². The summed E-state index contributed by atoms with van der Waals surface area (Å²) < 4.78 is 6.01. The molecule has 0 fully saturated rings. The first-order chi connectivity index (χ1) is 13.4. The highest BCUT2D eigenvalue weighted by molar-refractivity contribution is 6.11. The molecule has 0 aromatic heterocycles. The second-order valence-corrected chi connectivity index (χ2v) is 6.97. The average Bonchev–Trinajstić information content (AvgIpc) is 2.77. The molecule has 3 aromatic carbocycles. The fourth-order valence-electron chi connectivity index (χ4n) is 3.16. The molecule has 0 bridgehead atoms. The van der Waals surface area contributed by atoms with Crippen LogP contribution in [-0.4, -0.2) is 18.9 Å². The minimum absolute atomic E-state index is 0.191. The Kier molecular flexibility index (Phi) is 4.35. The number of hydrogen-bond donors (Lipinski definition) is 1. The van der Waals surface area contributed by atoms with Crippen molar-refractivity contribution in [3.63, 3.8) is 0 Å². The van der Waals surface area contributed by atoms with Crippen LogP contribution in [0.4, 0.5) is 11.4 Å². The van der Waals surface area contributed by atoms with Gasteiger partial charge in [0.1, 0.15) is 5.75 Å². The third kappa shape index (κ3) is 3.22. The molecule has 4 rings (SSSR count). The maximum absolute atomic E-state index is 13.0. The van der Waals surface area contributed by atoms with E-state index >= 15 is 0 Å². The van der Waals surface area contributed by atoms with Crippen molar-refractivity contribution in [2.45, 2.75) is 13.8 Å². The van der Waals surface area contributed by atoms with Crippen LogP contribution in [0, 0.1) is 13.8 Å². The molecule has 1 heterocycles. The highest BCUT2D eigenvalue weighted by Gasteiger charge is 2.26. The minimum atomic E-state index is -0.228. The summed E-state index contributed by atoms with van der Waals surface area (Å²) in [5.74, 6) is 0.679. The lowest BCUT2D eigenvalue weighted by Crippen LogP contribution is -2.25. The molecule has 3 aromatic rings. The number of aryl methyl sites for hydroxylation is 2. The number of carbonyl (C=O) groups is 2. The van der Waals surface area contributed by atoms with Crippen molar-refractivity contribution in [1.82, 2.24) is 0 Å². The van der Waals surface area contributed by atoms with Crippen molar-refractivity contribution >= 4 is 23.2 Å². The Labute approximate surface area is 163 Å². The first kappa shape index (κ1) is 17.8. The molecule has 1 aliphatic heterocycles. The monoisotopic (exact) mass is 372 g/mol. The van der Waals surface area contributed by atoms with E-state index in [1.807, 2.05) is 44.2 Å². The summed E-state index contributed by atoms with van der Waals surface area (Å²) in [6, 6.07) is 18.1. The van der Waals surface area contributed by atoms with E-state index in [1.165, 1.54) is 0 Å². The topological polar surface area (TPSA) is 58.6 Å². The molecule has 0 atom stereocenters. The van der Waals surface area contributed by atoms with E-state index < -0.39 is 0 Å². The summed E-state index contributed by atoms with van der Waals surface area (Å²) in [7, 11) is 1.71. The van der Waals surface area contributed by atoms with Crippen LogP contribution in [0.3, 0.4) is 0 Å². The number of benzene rings is 3. The lowest BCUT2D eigenvalue weighted by Gasteiger charge is -2.16. The van der Waals surface area contributed by atoms with Crippen LogP contribution in [0.1, 0.15) is 31.8 Å². The van der Waals surface area contributed by atoms with Gasteiger partial charge in [-0.1, -0.05) is 23.8 Å². The predicted octanol–water partition coefficient (Wildman–Crippen LogP) is 4.94. The van der Waals surface area contributed by atoms with Gasteiger partial charge in [0.15, 0.2) is 5.75 Å². The third-order valence-electron chi connectivity index (χ3n) is 4.78. The Hall–Kier alpha value is -3.60. The van der Waals surface area contributed by atoms with Gasteiger partial charge in [-0.2, -0.15) is 0 Å². The molecule has 140 valence electrons. The highest BCUT2D eigenvalue weighted by Crippen LogP contribution is 2.39. The maximum Gasteiger partial charge on any atom is 0.261 e. The molecule has 0 unspecified atom stereocenters. The third-order valence-corrected chi connectivity index (χ3v) is 4.78. The van der Waals surface area contributed by atoms with Crippen molar-refractivity contribution in [3.8, 4) is 11.5 Å². The largest absolute Gasteiger partial charge is 0.454 e. The second-order valence-electron chi connectivity index (χ2n) is 6.97. The van der Waals surface area contributed by atoms with Gasteiger partial charge in [-0.25, -0.2) is 0 Å². The number of ether oxygens (including phenoxy) is 1. The first-order valence-electron chi connectivity index (χ1n) is 9.01. The Morgan fingerprint density at radius 2 is 1.61 bits per heavy atom. The zero-order valence-corrected chi connectivity index (χ0v) is 15.9. The first-order valence-corrected chi connectivity index (χ1v) is 9.01. The van der Waals surface area contributed by atoms with Gasteiger partial charge < -0.3 is 15.0 Å². The Morgan fingerprint density at radius 3 is 2.36 bits per heavy atom. The smallest absolute Gasteiger partial charge is 0.261 e. The van der Waals surface area contributed by atoms with Gasteiger partial charge in [-0.3, -0.25) is 9.59 Å². The summed E-state index contributed by atoms with van der Waals surface area (Å²) in [4.78, 5) is 27.0. The Morgan fingerprint density at radius 1 is 0.893 bits per heavy atom. The summed E-state index contributed by atoms with van der Waals surface area (Å²) in [5, 5.41) is 2.85. The van der Waals surface area contributed by atoms with E-state index in [-0.39, 0.29) is 11.8 Å².